The molecule has 0 saturated heterocycles. The number of rotatable bonds is 3. The van der Waals surface area contributed by atoms with Crippen LogP contribution in [-0.2, 0) is 0 Å². The minimum Gasteiger partial charge on any atom is -0.348 e. The molecule has 0 aliphatic carbocycles. The lowest BCUT2D eigenvalue weighted by atomic mass is 10.3. The van der Waals surface area contributed by atoms with Crippen molar-refractivity contribution in [2.45, 2.75) is 0 Å². The van der Waals surface area contributed by atoms with Gasteiger partial charge in [0.25, 0.3) is 5.91 Å². The van der Waals surface area contributed by atoms with Gasteiger partial charge in [0.1, 0.15) is 11.5 Å². The number of nitrogens with one attached hydrogen (secondary N) is 2. The molecule has 4 nitrogen and oxygen atoms in total. The Labute approximate surface area is 96.5 Å². The second kappa shape index (κ2) is 4.61. The van der Waals surface area contributed by atoms with Crippen LogP contribution in [0.25, 0.3) is 0 Å². The van der Waals surface area contributed by atoms with E-state index in [1.807, 2.05) is 0 Å². The molecule has 1 amide bonds. The first kappa shape index (κ1) is 11.1. The third kappa shape index (κ3) is 2.39. The first-order chi connectivity index (χ1) is 8.20. The molecule has 5 heteroatoms. The monoisotopic (exact) mass is 232 g/mol. The standard InChI is InChI=1S/C12H9FN2O2/c13-9-3-1-2-4-10(9)15-12(17)11-6-5-8(7-16)14-11/h1-7,14H,(H,15,17). The fraction of sp³-hybridized carbons (Fsp3) is 0. The highest BCUT2D eigenvalue weighted by molar-refractivity contribution is 6.03. The maximum atomic E-state index is 13.3. The lowest BCUT2D eigenvalue weighted by Gasteiger charge is -2.04. The Morgan fingerprint density at radius 2 is 2.00 bits per heavy atom. The van der Waals surface area contributed by atoms with E-state index >= 15 is 0 Å². The van der Waals surface area contributed by atoms with Crippen LogP contribution in [0.3, 0.4) is 0 Å². The number of hydrogen-bond donors (Lipinski definition) is 2. The number of amides is 1. The molecule has 2 aromatic rings. The maximum absolute atomic E-state index is 13.3. The van der Waals surface area contributed by atoms with Gasteiger partial charge in [0, 0.05) is 0 Å². The minimum atomic E-state index is -0.511. The van der Waals surface area contributed by atoms with Gasteiger partial charge < -0.3 is 10.3 Å². The Morgan fingerprint density at radius 3 is 2.65 bits per heavy atom. The largest absolute Gasteiger partial charge is 0.348 e. The predicted molar refractivity (Wildman–Crippen MR) is 60.5 cm³/mol. The van der Waals surface area contributed by atoms with Gasteiger partial charge in [0.2, 0.25) is 0 Å². The molecule has 0 saturated carbocycles. The van der Waals surface area contributed by atoms with E-state index in [-0.39, 0.29) is 11.4 Å². The zero-order chi connectivity index (χ0) is 12.3. The molecule has 0 aliphatic heterocycles. The number of H-pyrrole nitrogens is 1. The molecular weight excluding hydrogens is 223 g/mol. The van der Waals surface area contributed by atoms with E-state index in [1.54, 1.807) is 6.07 Å². The Balaban J connectivity index is 2.17. The molecule has 2 rings (SSSR count). The summed E-state index contributed by atoms with van der Waals surface area (Å²) in [4.78, 5) is 24.7. The summed E-state index contributed by atoms with van der Waals surface area (Å²) >= 11 is 0. The molecule has 0 atom stereocenters. The number of halogens is 1. The second-order valence-electron chi connectivity index (χ2n) is 3.38. The van der Waals surface area contributed by atoms with Crippen LogP contribution < -0.4 is 5.32 Å². The Kier molecular flexibility index (Phi) is 3.00. The number of benzene rings is 1. The van der Waals surface area contributed by atoms with E-state index in [1.165, 1.54) is 30.3 Å². The van der Waals surface area contributed by atoms with Crippen LogP contribution in [0.4, 0.5) is 10.1 Å². The lowest BCUT2D eigenvalue weighted by molar-refractivity contribution is 0.102. The maximum Gasteiger partial charge on any atom is 0.272 e. The van der Waals surface area contributed by atoms with Crippen LogP contribution in [0.5, 0.6) is 0 Å². The summed E-state index contributed by atoms with van der Waals surface area (Å²) in [6.45, 7) is 0. The Hall–Kier alpha value is -2.43. The van der Waals surface area contributed by atoms with Crippen LogP contribution in [0.1, 0.15) is 21.0 Å². The van der Waals surface area contributed by atoms with E-state index < -0.39 is 11.7 Å². The quantitative estimate of drug-likeness (QED) is 0.797. The molecule has 1 heterocycles. The van der Waals surface area contributed by atoms with E-state index in [9.17, 15) is 14.0 Å². The number of carbonyl (C=O) groups is 2. The van der Waals surface area contributed by atoms with E-state index in [4.69, 9.17) is 0 Å². The summed E-state index contributed by atoms with van der Waals surface area (Å²) in [5.74, 6) is -1.01. The fourth-order valence-corrected chi connectivity index (χ4v) is 1.37. The van der Waals surface area contributed by atoms with E-state index in [2.05, 4.69) is 10.3 Å². The molecule has 0 aliphatic rings. The van der Waals surface area contributed by atoms with Crippen molar-refractivity contribution in [1.82, 2.24) is 4.98 Å². The summed E-state index contributed by atoms with van der Waals surface area (Å²) < 4.78 is 13.3. The first-order valence-corrected chi connectivity index (χ1v) is 4.91. The molecule has 1 aromatic carbocycles. The number of para-hydroxylation sites is 1. The average Bonchev–Trinajstić information content (AvgIpc) is 2.81. The minimum absolute atomic E-state index is 0.0970. The highest BCUT2D eigenvalue weighted by atomic mass is 19.1. The van der Waals surface area contributed by atoms with Crippen LogP contribution in [0, 0.1) is 5.82 Å². The van der Waals surface area contributed by atoms with Gasteiger partial charge in [-0.05, 0) is 24.3 Å². The summed E-state index contributed by atoms with van der Waals surface area (Å²) in [6.07, 6.45) is 0.597. The highest BCUT2D eigenvalue weighted by Crippen LogP contribution is 2.13. The Morgan fingerprint density at radius 1 is 1.24 bits per heavy atom. The van der Waals surface area contributed by atoms with Gasteiger partial charge in [-0.25, -0.2) is 4.39 Å². The SMILES string of the molecule is O=Cc1ccc(C(=O)Nc2ccccc2F)[nH]1. The zero-order valence-corrected chi connectivity index (χ0v) is 8.74. The van der Waals surface area contributed by atoms with Crippen LogP contribution >= 0.6 is 0 Å². The zero-order valence-electron chi connectivity index (χ0n) is 8.74. The average molecular weight is 232 g/mol. The summed E-state index contributed by atoms with van der Waals surface area (Å²) in [6, 6.07) is 8.79. The van der Waals surface area contributed by atoms with Gasteiger partial charge in [-0.3, -0.25) is 9.59 Å². The molecule has 0 unspecified atom stereocenters. The van der Waals surface area contributed by atoms with Crippen molar-refractivity contribution in [2.24, 2.45) is 0 Å². The van der Waals surface area contributed by atoms with Crippen molar-refractivity contribution in [2.75, 3.05) is 5.32 Å². The van der Waals surface area contributed by atoms with Gasteiger partial charge in [0.05, 0.1) is 11.4 Å². The molecule has 86 valence electrons. The van der Waals surface area contributed by atoms with Crippen molar-refractivity contribution < 1.29 is 14.0 Å². The van der Waals surface area contributed by atoms with Crippen molar-refractivity contribution in [3.63, 3.8) is 0 Å². The number of anilines is 1. The van der Waals surface area contributed by atoms with Crippen molar-refractivity contribution in [1.29, 1.82) is 0 Å². The number of aldehydes is 1. The topological polar surface area (TPSA) is 62.0 Å². The second-order valence-corrected chi connectivity index (χ2v) is 3.38. The summed E-state index contributed by atoms with van der Waals surface area (Å²) in [5.41, 5.74) is 0.596. The molecule has 0 radical (unpaired) electrons. The number of hydrogen-bond acceptors (Lipinski definition) is 2. The number of aromatic nitrogens is 1. The molecule has 0 fully saturated rings. The Bertz CT molecular complexity index is 563. The van der Waals surface area contributed by atoms with Gasteiger partial charge in [-0.1, -0.05) is 12.1 Å². The molecule has 1 aromatic heterocycles. The summed E-state index contributed by atoms with van der Waals surface area (Å²) in [5, 5.41) is 2.40. The normalized spacial score (nSPS) is 9.94. The molecular formula is C12H9FN2O2. The third-order valence-electron chi connectivity index (χ3n) is 2.20. The number of aromatic amines is 1. The predicted octanol–water partition coefficient (Wildman–Crippen LogP) is 2.22. The van der Waals surface area contributed by atoms with Gasteiger partial charge in [-0.15, -0.1) is 0 Å². The van der Waals surface area contributed by atoms with E-state index in [0.29, 0.717) is 12.0 Å². The van der Waals surface area contributed by atoms with Crippen LogP contribution in [0.15, 0.2) is 36.4 Å². The lowest BCUT2D eigenvalue weighted by Crippen LogP contribution is -2.13. The van der Waals surface area contributed by atoms with Gasteiger partial charge in [0.15, 0.2) is 6.29 Å². The number of carbonyl (C=O) groups excluding carboxylic acids is 2. The van der Waals surface area contributed by atoms with Gasteiger partial charge >= 0.3 is 0 Å². The van der Waals surface area contributed by atoms with Crippen molar-refractivity contribution >= 4 is 17.9 Å². The summed E-state index contributed by atoms with van der Waals surface area (Å²) in [7, 11) is 0. The molecule has 2 N–H and O–H groups in total. The molecule has 0 spiro atoms. The highest BCUT2D eigenvalue weighted by Gasteiger charge is 2.10. The smallest absolute Gasteiger partial charge is 0.272 e. The van der Waals surface area contributed by atoms with Crippen LogP contribution in [-0.4, -0.2) is 17.2 Å². The van der Waals surface area contributed by atoms with Crippen molar-refractivity contribution in [3.8, 4) is 0 Å². The van der Waals surface area contributed by atoms with E-state index in [0.717, 1.165) is 0 Å². The van der Waals surface area contributed by atoms with Crippen LogP contribution in [0.2, 0.25) is 0 Å². The van der Waals surface area contributed by atoms with Crippen molar-refractivity contribution in [3.05, 3.63) is 53.6 Å². The molecule has 17 heavy (non-hydrogen) atoms. The third-order valence-corrected chi connectivity index (χ3v) is 2.20. The first-order valence-electron chi connectivity index (χ1n) is 4.91. The molecule has 0 bridgehead atoms. The fourth-order valence-electron chi connectivity index (χ4n) is 1.37. The van der Waals surface area contributed by atoms with Gasteiger partial charge in [-0.2, -0.15) is 0 Å².